The zero-order chi connectivity index (χ0) is 9.52. The number of hydrogen-bond acceptors (Lipinski definition) is 2. The summed E-state index contributed by atoms with van der Waals surface area (Å²) in [7, 11) is 0. The third-order valence-electron chi connectivity index (χ3n) is 1.61. The summed E-state index contributed by atoms with van der Waals surface area (Å²) in [5, 5.41) is 0. The molecule has 1 rings (SSSR count). The summed E-state index contributed by atoms with van der Waals surface area (Å²) in [4.78, 5) is 11.0. The van der Waals surface area contributed by atoms with Gasteiger partial charge in [0.15, 0.2) is 0 Å². The van der Waals surface area contributed by atoms with Gasteiger partial charge in [-0.25, -0.2) is 0 Å². The molecule has 0 saturated carbocycles. The molecule has 0 aliphatic rings. The van der Waals surface area contributed by atoms with Crippen molar-refractivity contribution >= 4 is 5.97 Å². The molecule has 0 aromatic heterocycles. The molecule has 0 bridgehead atoms. The Morgan fingerprint density at radius 2 is 2.08 bits per heavy atom. The summed E-state index contributed by atoms with van der Waals surface area (Å²) in [6.45, 7) is 2.21. The first kappa shape index (κ1) is 9.78. The zero-order valence-electron chi connectivity index (χ0n) is 7.69. The molecule has 0 aliphatic carbocycles. The summed E-state index contributed by atoms with van der Waals surface area (Å²) in [6.07, 6.45) is 2.17. The molecule has 0 unspecified atom stereocenters. The van der Waals surface area contributed by atoms with Crippen molar-refractivity contribution < 1.29 is 9.53 Å². The summed E-state index contributed by atoms with van der Waals surface area (Å²) < 4.78 is 5.00. The van der Waals surface area contributed by atoms with E-state index in [2.05, 4.69) is 0 Å². The van der Waals surface area contributed by atoms with Crippen molar-refractivity contribution in [1.82, 2.24) is 0 Å². The average molecular weight is 177 g/mol. The van der Waals surface area contributed by atoms with E-state index in [1.165, 1.54) is 0 Å². The van der Waals surface area contributed by atoms with Gasteiger partial charge in [-0.3, -0.25) is 4.79 Å². The fourth-order valence-electron chi connectivity index (χ4n) is 0.964. The van der Waals surface area contributed by atoms with Gasteiger partial charge in [-0.15, -0.1) is 0 Å². The Morgan fingerprint density at radius 1 is 1.38 bits per heavy atom. The lowest BCUT2D eigenvalue weighted by Crippen LogP contribution is -2.03. The normalized spacial score (nSPS) is 9.62. The lowest BCUT2D eigenvalue weighted by Gasteiger charge is -2.02. The lowest BCUT2D eigenvalue weighted by atomic mass is 10.2. The molecule has 0 saturated heterocycles. The number of carbonyl (C=O) groups is 1. The molecule has 0 heterocycles. The third kappa shape index (κ3) is 3.74. The van der Waals surface area contributed by atoms with Gasteiger partial charge in [-0.05, 0) is 12.0 Å². The van der Waals surface area contributed by atoms with Gasteiger partial charge in [0.1, 0.15) is 6.61 Å². The number of esters is 1. The molecule has 69 valence electrons. The molecule has 1 aromatic rings. The predicted molar refractivity (Wildman–Crippen MR) is 50.8 cm³/mol. The van der Waals surface area contributed by atoms with Crippen LogP contribution in [0.3, 0.4) is 0 Å². The van der Waals surface area contributed by atoms with Gasteiger partial charge in [0, 0.05) is 6.42 Å². The van der Waals surface area contributed by atoms with Crippen molar-refractivity contribution in [2.45, 2.75) is 20.0 Å². The number of rotatable bonds is 4. The highest BCUT2D eigenvalue weighted by Crippen LogP contribution is 2.01. The lowest BCUT2D eigenvalue weighted by molar-refractivity contribution is -0.144. The van der Waals surface area contributed by atoms with E-state index in [1.807, 2.05) is 37.3 Å². The van der Waals surface area contributed by atoms with Gasteiger partial charge in [-0.2, -0.15) is 0 Å². The highest BCUT2D eigenvalue weighted by atomic mass is 16.5. The molecule has 2 nitrogen and oxygen atoms in total. The Kier molecular flexibility index (Phi) is 4.03. The molecular formula is C11H13O2. The Hall–Kier alpha value is -1.31. The van der Waals surface area contributed by atoms with Crippen LogP contribution in [0.5, 0.6) is 0 Å². The Bertz CT molecular complexity index is 254. The number of carbonyl (C=O) groups excluding carboxylic acids is 1. The van der Waals surface area contributed by atoms with E-state index in [1.54, 1.807) is 6.42 Å². The molecule has 1 radical (unpaired) electrons. The Balaban J connectivity index is 2.31. The fourth-order valence-corrected chi connectivity index (χ4v) is 0.964. The zero-order valence-corrected chi connectivity index (χ0v) is 7.69. The summed E-state index contributed by atoms with van der Waals surface area (Å²) in [6, 6.07) is 9.65. The van der Waals surface area contributed by atoms with Gasteiger partial charge in [0.25, 0.3) is 0 Å². The van der Waals surface area contributed by atoms with Gasteiger partial charge in [-0.1, -0.05) is 37.3 Å². The topological polar surface area (TPSA) is 26.3 Å². The van der Waals surface area contributed by atoms with Crippen molar-refractivity contribution in [3.8, 4) is 0 Å². The number of hydrogen-bond donors (Lipinski definition) is 0. The molecule has 0 aliphatic heterocycles. The van der Waals surface area contributed by atoms with Crippen molar-refractivity contribution in [1.29, 1.82) is 0 Å². The van der Waals surface area contributed by atoms with Crippen LogP contribution in [0.2, 0.25) is 0 Å². The van der Waals surface area contributed by atoms with Crippen LogP contribution in [-0.2, 0) is 16.1 Å². The summed E-state index contributed by atoms with van der Waals surface area (Å²) in [5.41, 5.74) is 1.02. The summed E-state index contributed by atoms with van der Waals surface area (Å²) >= 11 is 0. The van der Waals surface area contributed by atoms with Crippen LogP contribution < -0.4 is 0 Å². The van der Waals surface area contributed by atoms with Crippen LogP contribution in [-0.4, -0.2) is 5.97 Å². The second kappa shape index (κ2) is 5.36. The fraction of sp³-hybridized carbons (Fsp3) is 0.273. The highest BCUT2D eigenvalue weighted by Gasteiger charge is 2.00. The molecule has 0 fully saturated rings. The minimum atomic E-state index is -0.175. The monoisotopic (exact) mass is 177 g/mol. The molecule has 0 spiro atoms. The first-order chi connectivity index (χ1) is 6.33. The molecule has 0 N–H and O–H groups in total. The first-order valence-corrected chi connectivity index (χ1v) is 4.30. The van der Waals surface area contributed by atoms with Crippen LogP contribution in [0.15, 0.2) is 30.3 Å². The number of benzene rings is 1. The van der Waals surface area contributed by atoms with E-state index in [0.29, 0.717) is 13.0 Å². The SMILES string of the molecule is C[CH]CC(=O)OCc1ccccc1. The van der Waals surface area contributed by atoms with Crippen LogP contribution in [0.25, 0.3) is 0 Å². The largest absolute Gasteiger partial charge is 0.461 e. The average Bonchev–Trinajstić information content (AvgIpc) is 2.17. The van der Waals surface area contributed by atoms with Crippen LogP contribution >= 0.6 is 0 Å². The molecule has 1 aromatic carbocycles. The molecule has 13 heavy (non-hydrogen) atoms. The maximum absolute atomic E-state index is 11.0. The van der Waals surface area contributed by atoms with Crippen molar-refractivity contribution in [2.75, 3.05) is 0 Å². The van der Waals surface area contributed by atoms with Gasteiger partial charge in [0.2, 0.25) is 0 Å². The van der Waals surface area contributed by atoms with E-state index in [4.69, 9.17) is 4.74 Å². The number of ether oxygens (including phenoxy) is 1. The van der Waals surface area contributed by atoms with Crippen molar-refractivity contribution in [2.24, 2.45) is 0 Å². The maximum Gasteiger partial charge on any atom is 0.306 e. The van der Waals surface area contributed by atoms with Gasteiger partial charge >= 0.3 is 5.97 Å². The third-order valence-corrected chi connectivity index (χ3v) is 1.61. The Labute approximate surface area is 78.5 Å². The summed E-state index contributed by atoms with van der Waals surface area (Å²) in [5.74, 6) is -0.175. The minimum absolute atomic E-state index is 0.175. The van der Waals surface area contributed by atoms with E-state index >= 15 is 0 Å². The van der Waals surface area contributed by atoms with E-state index in [0.717, 1.165) is 5.56 Å². The first-order valence-electron chi connectivity index (χ1n) is 4.30. The quantitative estimate of drug-likeness (QED) is 0.660. The van der Waals surface area contributed by atoms with Gasteiger partial charge in [0.05, 0.1) is 0 Å². The second-order valence-corrected chi connectivity index (χ2v) is 2.76. The molecule has 0 amide bonds. The minimum Gasteiger partial charge on any atom is -0.461 e. The smallest absolute Gasteiger partial charge is 0.306 e. The van der Waals surface area contributed by atoms with Crippen LogP contribution in [0, 0.1) is 6.42 Å². The standard InChI is InChI=1S/C11H13O2/c1-2-6-11(12)13-9-10-7-4-3-5-8-10/h2-5,7-8H,6,9H2,1H3. The highest BCUT2D eigenvalue weighted by molar-refractivity contribution is 5.70. The predicted octanol–water partition coefficient (Wildman–Crippen LogP) is 2.34. The second-order valence-electron chi connectivity index (χ2n) is 2.76. The van der Waals surface area contributed by atoms with Gasteiger partial charge < -0.3 is 4.74 Å². The van der Waals surface area contributed by atoms with E-state index in [9.17, 15) is 4.79 Å². The van der Waals surface area contributed by atoms with E-state index < -0.39 is 0 Å². The van der Waals surface area contributed by atoms with Crippen LogP contribution in [0.1, 0.15) is 18.9 Å². The van der Waals surface area contributed by atoms with E-state index in [-0.39, 0.29) is 5.97 Å². The Morgan fingerprint density at radius 3 is 2.69 bits per heavy atom. The molecule has 0 atom stereocenters. The maximum atomic E-state index is 11.0. The van der Waals surface area contributed by atoms with Crippen LogP contribution in [0.4, 0.5) is 0 Å². The van der Waals surface area contributed by atoms with Crippen molar-refractivity contribution in [3.63, 3.8) is 0 Å². The molecular weight excluding hydrogens is 164 g/mol. The molecule has 2 heteroatoms. The van der Waals surface area contributed by atoms with Crippen molar-refractivity contribution in [3.05, 3.63) is 42.3 Å².